The molecule has 1 saturated heterocycles. The van der Waals surface area contributed by atoms with Crippen LogP contribution >= 0.6 is 0 Å². The maximum atomic E-state index is 13.4. The standard InChI is InChI=1S/C24H27NO3/c1-22-12-13-23(19-7-5-4-6-18(19)22,16-8-10-17(27-2)11-9-16)20-14-25-15-24(20,22)21(26)28-3/h4-11,20,25H,12-15H2,1-3H3. The molecule has 1 aliphatic heterocycles. The Hall–Kier alpha value is -2.33. The summed E-state index contributed by atoms with van der Waals surface area (Å²) in [4.78, 5) is 13.4. The van der Waals surface area contributed by atoms with Crippen LogP contribution in [0.5, 0.6) is 5.75 Å². The molecule has 4 nitrogen and oxygen atoms in total. The summed E-state index contributed by atoms with van der Waals surface area (Å²) in [6.45, 7) is 3.78. The molecule has 3 aliphatic carbocycles. The third kappa shape index (κ3) is 1.82. The van der Waals surface area contributed by atoms with Gasteiger partial charge in [0.2, 0.25) is 0 Å². The molecule has 0 aromatic heterocycles. The van der Waals surface area contributed by atoms with Crippen LogP contribution in [0.3, 0.4) is 0 Å². The normalized spacial score (nSPS) is 35.2. The second kappa shape index (κ2) is 5.84. The van der Waals surface area contributed by atoms with Gasteiger partial charge in [-0.1, -0.05) is 43.3 Å². The molecule has 146 valence electrons. The minimum absolute atomic E-state index is 0.0721. The lowest BCUT2D eigenvalue weighted by molar-refractivity contribution is -0.167. The second-order valence-corrected chi connectivity index (χ2v) is 8.72. The molecule has 4 unspecified atom stereocenters. The van der Waals surface area contributed by atoms with E-state index in [0.29, 0.717) is 6.54 Å². The van der Waals surface area contributed by atoms with Gasteiger partial charge in [0.1, 0.15) is 5.75 Å². The zero-order valence-corrected chi connectivity index (χ0v) is 16.7. The average molecular weight is 377 g/mol. The van der Waals surface area contributed by atoms with E-state index in [1.165, 1.54) is 23.8 Å². The summed E-state index contributed by atoms with van der Waals surface area (Å²) in [5.74, 6) is 0.945. The van der Waals surface area contributed by atoms with Crippen molar-refractivity contribution in [3.8, 4) is 5.75 Å². The van der Waals surface area contributed by atoms with Gasteiger partial charge in [-0.05, 0) is 41.7 Å². The Kier molecular flexibility index (Phi) is 3.70. The molecule has 2 bridgehead atoms. The van der Waals surface area contributed by atoms with Gasteiger partial charge in [0.25, 0.3) is 0 Å². The number of ether oxygens (including phenoxy) is 2. The van der Waals surface area contributed by atoms with E-state index in [0.717, 1.165) is 25.1 Å². The number of nitrogens with one attached hydrogen (secondary N) is 1. The van der Waals surface area contributed by atoms with E-state index in [2.05, 4.69) is 48.6 Å². The highest BCUT2D eigenvalue weighted by molar-refractivity contribution is 5.83. The molecule has 0 radical (unpaired) electrons. The topological polar surface area (TPSA) is 47.6 Å². The molecule has 4 atom stereocenters. The van der Waals surface area contributed by atoms with Crippen LogP contribution in [0, 0.1) is 11.3 Å². The van der Waals surface area contributed by atoms with Crippen molar-refractivity contribution in [3.05, 3.63) is 65.2 Å². The first kappa shape index (κ1) is 17.7. The van der Waals surface area contributed by atoms with Crippen molar-refractivity contribution in [3.63, 3.8) is 0 Å². The molecule has 0 spiro atoms. The van der Waals surface area contributed by atoms with Gasteiger partial charge in [-0.15, -0.1) is 0 Å². The SMILES string of the molecule is COC(=O)C12CNCC1C1(c3ccc(OC)cc3)CCC2(C)c2ccccc21. The summed E-state index contributed by atoms with van der Waals surface area (Å²) in [6, 6.07) is 17.2. The Morgan fingerprint density at radius 1 is 1.04 bits per heavy atom. The molecule has 0 amide bonds. The van der Waals surface area contributed by atoms with Gasteiger partial charge >= 0.3 is 5.97 Å². The van der Waals surface area contributed by atoms with Crippen LogP contribution in [-0.2, 0) is 20.4 Å². The maximum absolute atomic E-state index is 13.4. The number of carbonyl (C=O) groups is 1. The van der Waals surface area contributed by atoms with Crippen LogP contribution in [0.4, 0.5) is 0 Å². The van der Waals surface area contributed by atoms with E-state index in [-0.39, 0.29) is 22.7 Å². The highest BCUT2D eigenvalue weighted by Gasteiger charge is 2.73. The van der Waals surface area contributed by atoms with Crippen molar-refractivity contribution in [2.24, 2.45) is 11.3 Å². The lowest BCUT2D eigenvalue weighted by Gasteiger charge is -2.64. The molecule has 4 heteroatoms. The minimum Gasteiger partial charge on any atom is -0.497 e. The molecule has 1 saturated carbocycles. The highest BCUT2D eigenvalue weighted by atomic mass is 16.5. The largest absolute Gasteiger partial charge is 0.497 e. The van der Waals surface area contributed by atoms with Gasteiger partial charge in [-0.3, -0.25) is 4.79 Å². The van der Waals surface area contributed by atoms with E-state index in [4.69, 9.17) is 9.47 Å². The monoisotopic (exact) mass is 377 g/mol. The Bertz CT molecular complexity index is 939. The van der Waals surface area contributed by atoms with Gasteiger partial charge in [-0.25, -0.2) is 0 Å². The Morgan fingerprint density at radius 3 is 2.43 bits per heavy atom. The number of rotatable bonds is 3. The third-order valence-electron chi connectivity index (χ3n) is 8.10. The first-order chi connectivity index (χ1) is 13.5. The molecule has 2 aromatic carbocycles. The van der Waals surface area contributed by atoms with Crippen LogP contribution < -0.4 is 10.1 Å². The summed E-state index contributed by atoms with van der Waals surface area (Å²) in [6.07, 6.45) is 2.02. The number of benzene rings is 2. The molecule has 28 heavy (non-hydrogen) atoms. The number of methoxy groups -OCH3 is 2. The molecule has 4 aliphatic rings. The summed E-state index contributed by atoms with van der Waals surface area (Å²) in [5, 5.41) is 3.57. The summed E-state index contributed by atoms with van der Waals surface area (Å²) in [5.41, 5.74) is 2.99. The maximum Gasteiger partial charge on any atom is 0.314 e. The fraction of sp³-hybridized carbons (Fsp3) is 0.458. The van der Waals surface area contributed by atoms with E-state index in [9.17, 15) is 4.79 Å². The van der Waals surface area contributed by atoms with Crippen LogP contribution in [0.25, 0.3) is 0 Å². The first-order valence-electron chi connectivity index (χ1n) is 10.1. The fourth-order valence-electron chi connectivity index (χ4n) is 6.79. The molecule has 2 fully saturated rings. The van der Waals surface area contributed by atoms with Crippen LogP contribution in [0.15, 0.2) is 48.5 Å². The Labute approximate surface area is 166 Å². The van der Waals surface area contributed by atoms with Gasteiger partial charge < -0.3 is 14.8 Å². The molecule has 1 heterocycles. The number of esters is 1. The summed E-state index contributed by atoms with van der Waals surface area (Å²) < 4.78 is 10.8. The quantitative estimate of drug-likeness (QED) is 0.833. The molecule has 2 aromatic rings. The van der Waals surface area contributed by atoms with Gasteiger partial charge in [-0.2, -0.15) is 0 Å². The predicted molar refractivity (Wildman–Crippen MR) is 108 cm³/mol. The third-order valence-corrected chi connectivity index (χ3v) is 8.10. The van der Waals surface area contributed by atoms with Crippen LogP contribution in [0.2, 0.25) is 0 Å². The van der Waals surface area contributed by atoms with Gasteiger partial charge in [0.15, 0.2) is 0 Å². The van der Waals surface area contributed by atoms with Crippen molar-refractivity contribution < 1.29 is 14.3 Å². The van der Waals surface area contributed by atoms with E-state index >= 15 is 0 Å². The number of hydrogen-bond donors (Lipinski definition) is 1. The fourth-order valence-corrected chi connectivity index (χ4v) is 6.79. The molecular formula is C24H27NO3. The van der Waals surface area contributed by atoms with E-state index in [1.54, 1.807) is 7.11 Å². The van der Waals surface area contributed by atoms with Crippen LogP contribution in [0.1, 0.15) is 36.5 Å². The van der Waals surface area contributed by atoms with E-state index in [1.807, 2.05) is 12.1 Å². The molecular weight excluding hydrogens is 350 g/mol. The minimum atomic E-state index is -0.547. The smallest absolute Gasteiger partial charge is 0.314 e. The lowest BCUT2D eigenvalue weighted by atomic mass is 9.37. The number of carbonyl (C=O) groups excluding carboxylic acids is 1. The highest BCUT2D eigenvalue weighted by Crippen LogP contribution is 2.70. The van der Waals surface area contributed by atoms with Crippen molar-refractivity contribution in [1.82, 2.24) is 5.32 Å². The zero-order valence-electron chi connectivity index (χ0n) is 16.7. The summed E-state index contributed by atoms with van der Waals surface area (Å²) >= 11 is 0. The predicted octanol–water partition coefficient (Wildman–Crippen LogP) is 3.43. The zero-order chi connectivity index (χ0) is 19.6. The van der Waals surface area contributed by atoms with Crippen LogP contribution in [-0.4, -0.2) is 33.3 Å². The second-order valence-electron chi connectivity index (χ2n) is 8.72. The van der Waals surface area contributed by atoms with Crippen molar-refractivity contribution in [2.75, 3.05) is 27.3 Å². The molecule has 1 N–H and O–H groups in total. The number of hydrogen-bond acceptors (Lipinski definition) is 4. The van der Waals surface area contributed by atoms with Crippen molar-refractivity contribution in [1.29, 1.82) is 0 Å². The molecule has 6 rings (SSSR count). The van der Waals surface area contributed by atoms with Crippen molar-refractivity contribution >= 4 is 5.97 Å². The Morgan fingerprint density at radius 2 is 1.75 bits per heavy atom. The van der Waals surface area contributed by atoms with Gasteiger partial charge in [0.05, 0.1) is 19.6 Å². The van der Waals surface area contributed by atoms with E-state index < -0.39 is 5.41 Å². The van der Waals surface area contributed by atoms with Crippen molar-refractivity contribution in [2.45, 2.75) is 30.6 Å². The first-order valence-corrected chi connectivity index (χ1v) is 10.1. The average Bonchev–Trinajstić information content (AvgIpc) is 3.22. The van der Waals surface area contributed by atoms with Gasteiger partial charge in [0, 0.05) is 29.8 Å². The number of fused-ring (bicyclic) bond motifs is 1. The lowest BCUT2D eigenvalue weighted by Crippen LogP contribution is -2.67. The summed E-state index contributed by atoms with van der Waals surface area (Å²) in [7, 11) is 3.22. The Balaban J connectivity index is 1.83.